The van der Waals surface area contributed by atoms with Crippen molar-refractivity contribution in [2.24, 2.45) is 0 Å². The minimum absolute atomic E-state index is 0.517. The van der Waals surface area contributed by atoms with E-state index in [-0.39, 0.29) is 0 Å². The average Bonchev–Trinajstić information content (AvgIpc) is 2.06. The predicted octanol–water partition coefficient (Wildman–Crippen LogP) is 0.0529. The molecule has 0 aliphatic rings. The second-order valence-electron chi connectivity index (χ2n) is 2.47. The molecule has 0 saturated carbocycles. The molecule has 0 aromatic carbocycles. The quantitative estimate of drug-likeness (QED) is 0.643. The van der Waals surface area contributed by atoms with Crippen LogP contribution in [0.3, 0.4) is 0 Å². The van der Waals surface area contributed by atoms with Crippen molar-refractivity contribution in [1.82, 2.24) is 4.98 Å². The summed E-state index contributed by atoms with van der Waals surface area (Å²) in [4.78, 5) is 5.95. The maximum Gasteiger partial charge on any atom is 0.569 e. The van der Waals surface area contributed by atoms with Crippen LogP contribution in [0.1, 0.15) is 0 Å². The fraction of sp³-hybridized carbons (Fsp3) is 0.286. The van der Waals surface area contributed by atoms with Gasteiger partial charge in [-0.15, -0.1) is 0 Å². The van der Waals surface area contributed by atoms with Crippen LogP contribution in [-0.4, -0.2) is 31.8 Å². The van der Waals surface area contributed by atoms with E-state index in [9.17, 15) is 0 Å². The van der Waals surface area contributed by atoms with Crippen LogP contribution < -0.4 is 9.55 Å². The van der Waals surface area contributed by atoms with Crippen molar-refractivity contribution in [1.29, 1.82) is 0 Å². The summed E-state index contributed by atoms with van der Waals surface area (Å²) in [5, 5.41) is 8.31. The van der Waals surface area contributed by atoms with Gasteiger partial charge in [0.15, 0.2) is 0 Å². The zero-order valence-electron chi connectivity index (χ0n) is 7.06. The molecule has 1 aromatic rings. The summed E-state index contributed by atoms with van der Waals surface area (Å²) in [5.74, 6) is 1.36. The molecule has 1 heterocycles. The first-order valence-electron chi connectivity index (χ1n) is 3.50. The number of hydrogen-bond donors (Lipinski definition) is 1. The summed E-state index contributed by atoms with van der Waals surface area (Å²) >= 11 is 0. The zero-order chi connectivity index (χ0) is 8.97. The van der Waals surface area contributed by atoms with Crippen LogP contribution in [0.5, 0.6) is 5.75 Å². The summed E-state index contributed by atoms with van der Waals surface area (Å²) in [7, 11) is 4.44. The van der Waals surface area contributed by atoms with Gasteiger partial charge in [-0.25, -0.2) is 4.98 Å². The van der Waals surface area contributed by atoms with Gasteiger partial charge in [0.2, 0.25) is 0 Å². The highest BCUT2D eigenvalue weighted by atomic mass is 16.5. The number of anilines is 1. The third kappa shape index (κ3) is 2.13. The molecule has 0 fully saturated rings. The van der Waals surface area contributed by atoms with Crippen LogP contribution in [0.15, 0.2) is 18.3 Å². The molecule has 0 bridgehead atoms. The molecule has 1 radical (unpaired) electrons. The first-order valence-corrected chi connectivity index (χ1v) is 3.50. The largest absolute Gasteiger partial charge is 0.569 e. The Morgan fingerprint density at radius 1 is 1.50 bits per heavy atom. The summed E-state index contributed by atoms with van der Waals surface area (Å²) in [6, 6.07) is 3.54. The molecule has 12 heavy (non-hydrogen) atoms. The van der Waals surface area contributed by atoms with Crippen LogP contribution >= 0.6 is 0 Å². The average molecular weight is 165 g/mol. The monoisotopic (exact) mass is 165 g/mol. The lowest BCUT2D eigenvalue weighted by Crippen LogP contribution is -2.10. The Morgan fingerprint density at radius 2 is 2.25 bits per heavy atom. The lowest BCUT2D eigenvalue weighted by atomic mass is 10.3. The molecule has 1 rings (SSSR count). The molecule has 5 heteroatoms. The molecule has 0 amide bonds. The van der Waals surface area contributed by atoms with Crippen molar-refractivity contribution in [2.45, 2.75) is 0 Å². The van der Waals surface area contributed by atoms with E-state index in [1.54, 1.807) is 18.3 Å². The molecule has 0 atom stereocenters. The smallest absolute Gasteiger partial charge is 0.536 e. The van der Waals surface area contributed by atoms with Gasteiger partial charge in [-0.1, -0.05) is 0 Å². The van der Waals surface area contributed by atoms with Gasteiger partial charge in [-0.05, 0) is 12.1 Å². The Bertz CT molecular complexity index is 238. The molecule has 4 nitrogen and oxygen atoms in total. The van der Waals surface area contributed by atoms with Crippen molar-refractivity contribution in [3.63, 3.8) is 0 Å². The van der Waals surface area contributed by atoms with Crippen molar-refractivity contribution in [3.05, 3.63) is 18.3 Å². The van der Waals surface area contributed by atoms with Crippen LogP contribution in [0.2, 0.25) is 0 Å². The van der Waals surface area contributed by atoms with E-state index in [4.69, 9.17) is 9.68 Å². The molecular weight excluding hydrogens is 155 g/mol. The van der Waals surface area contributed by atoms with Crippen LogP contribution in [0.25, 0.3) is 0 Å². The van der Waals surface area contributed by atoms with E-state index in [0.29, 0.717) is 13.4 Å². The van der Waals surface area contributed by atoms with Gasteiger partial charge < -0.3 is 14.6 Å². The SMILES string of the molecule is CN(C)c1ccc(O[B]O)cn1. The number of aromatic nitrogens is 1. The first-order chi connectivity index (χ1) is 5.74. The molecular formula is C7H10BN2O2. The number of pyridine rings is 1. The molecule has 0 aliphatic heterocycles. The highest BCUT2D eigenvalue weighted by Crippen LogP contribution is 2.12. The fourth-order valence-electron chi connectivity index (χ4n) is 0.768. The maximum absolute atomic E-state index is 8.31. The van der Waals surface area contributed by atoms with Crippen LogP contribution in [-0.2, 0) is 0 Å². The third-order valence-corrected chi connectivity index (χ3v) is 1.37. The van der Waals surface area contributed by atoms with Gasteiger partial charge in [-0.3, -0.25) is 0 Å². The number of nitrogens with zero attached hydrogens (tertiary/aromatic N) is 2. The highest BCUT2D eigenvalue weighted by Gasteiger charge is 1.97. The predicted molar refractivity (Wildman–Crippen MR) is 47.2 cm³/mol. The second kappa shape index (κ2) is 3.97. The third-order valence-electron chi connectivity index (χ3n) is 1.37. The van der Waals surface area contributed by atoms with Gasteiger partial charge in [0, 0.05) is 14.1 Å². The fourth-order valence-corrected chi connectivity index (χ4v) is 0.768. The second-order valence-corrected chi connectivity index (χ2v) is 2.47. The zero-order valence-corrected chi connectivity index (χ0v) is 7.06. The molecule has 63 valence electrons. The highest BCUT2D eigenvalue weighted by molar-refractivity contribution is 6.17. The van der Waals surface area contributed by atoms with Crippen LogP contribution in [0, 0.1) is 0 Å². The summed E-state index contributed by atoms with van der Waals surface area (Å²) < 4.78 is 4.69. The summed E-state index contributed by atoms with van der Waals surface area (Å²) in [6.07, 6.45) is 1.54. The Balaban J connectivity index is 2.71. The molecule has 0 saturated heterocycles. The van der Waals surface area contributed by atoms with Crippen molar-refractivity contribution in [2.75, 3.05) is 19.0 Å². The van der Waals surface area contributed by atoms with Gasteiger partial charge >= 0.3 is 7.69 Å². The van der Waals surface area contributed by atoms with Crippen molar-refractivity contribution < 1.29 is 9.68 Å². The minimum atomic E-state index is 0.517. The Hall–Kier alpha value is -1.23. The molecule has 0 spiro atoms. The number of hydrogen-bond acceptors (Lipinski definition) is 4. The Kier molecular flexibility index (Phi) is 2.93. The standard InChI is InChI=1S/C7H10BN2O2/c1-10(2)7-4-3-6(5-9-7)12-8-11/h3-5,11H,1-2H3. The van der Waals surface area contributed by atoms with E-state index < -0.39 is 0 Å². The van der Waals surface area contributed by atoms with E-state index in [2.05, 4.69) is 4.98 Å². The molecule has 0 aliphatic carbocycles. The topological polar surface area (TPSA) is 45.6 Å². The molecule has 1 aromatic heterocycles. The lowest BCUT2D eigenvalue weighted by Gasteiger charge is -2.10. The van der Waals surface area contributed by atoms with Gasteiger partial charge in [0.25, 0.3) is 0 Å². The van der Waals surface area contributed by atoms with Gasteiger partial charge in [0.05, 0.1) is 6.20 Å². The molecule has 1 N–H and O–H groups in total. The Morgan fingerprint density at radius 3 is 2.67 bits per heavy atom. The van der Waals surface area contributed by atoms with E-state index >= 15 is 0 Å². The molecule has 0 unspecified atom stereocenters. The van der Waals surface area contributed by atoms with E-state index in [0.717, 1.165) is 5.82 Å². The van der Waals surface area contributed by atoms with Crippen LogP contribution in [0.4, 0.5) is 5.82 Å². The summed E-state index contributed by atoms with van der Waals surface area (Å²) in [6.45, 7) is 0. The van der Waals surface area contributed by atoms with Crippen molar-refractivity contribution >= 4 is 13.5 Å². The maximum atomic E-state index is 8.31. The van der Waals surface area contributed by atoms with E-state index in [1.807, 2.05) is 19.0 Å². The minimum Gasteiger partial charge on any atom is -0.536 e. The Labute approximate surface area is 72.1 Å². The summed E-state index contributed by atoms with van der Waals surface area (Å²) in [5.41, 5.74) is 0. The van der Waals surface area contributed by atoms with Crippen molar-refractivity contribution in [3.8, 4) is 5.75 Å². The normalized spacial score (nSPS) is 9.25. The number of rotatable bonds is 3. The first kappa shape index (κ1) is 8.87. The lowest BCUT2D eigenvalue weighted by molar-refractivity contribution is 0.452. The van der Waals surface area contributed by atoms with E-state index in [1.165, 1.54) is 0 Å². The van der Waals surface area contributed by atoms with Gasteiger partial charge in [-0.2, -0.15) is 0 Å². The van der Waals surface area contributed by atoms with Gasteiger partial charge in [0.1, 0.15) is 11.6 Å².